The number of phenolic OH excluding ortho intramolecular Hbond substituents is 1. The second-order valence-electron chi connectivity index (χ2n) is 8.28. The quantitative estimate of drug-likeness (QED) is 0.491. The minimum atomic E-state index is -0.638. The van der Waals surface area contributed by atoms with Crippen LogP contribution in [0.4, 0.5) is 0 Å². The SMILES string of the molecule is C=CCc1cccc([C@H]2OCCn3c(-c4ccccc4)c4c(=O)n(C)c(=O)n(C)c4c32)c1O. The van der Waals surface area contributed by atoms with E-state index < -0.39 is 11.8 Å². The minimum Gasteiger partial charge on any atom is -0.507 e. The summed E-state index contributed by atoms with van der Waals surface area (Å²) in [6.07, 6.45) is 1.61. The van der Waals surface area contributed by atoms with Crippen molar-refractivity contribution in [2.75, 3.05) is 6.61 Å². The number of aryl methyl sites for hydroxylation is 1. The van der Waals surface area contributed by atoms with Gasteiger partial charge in [0.25, 0.3) is 5.56 Å². The maximum Gasteiger partial charge on any atom is 0.331 e. The summed E-state index contributed by atoms with van der Waals surface area (Å²) in [4.78, 5) is 26.3. The van der Waals surface area contributed by atoms with Crippen LogP contribution in [0.1, 0.15) is 22.9 Å². The van der Waals surface area contributed by atoms with E-state index in [9.17, 15) is 14.7 Å². The largest absolute Gasteiger partial charge is 0.507 e. The molecule has 1 atom stereocenters. The average Bonchev–Trinajstić information content (AvgIpc) is 3.19. The Kier molecular flexibility index (Phi) is 5.06. The molecular formula is C26H25N3O4. The molecule has 1 N–H and O–H groups in total. The summed E-state index contributed by atoms with van der Waals surface area (Å²) < 4.78 is 10.9. The fraction of sp³-hybridized carbons (Fsp3) is 0.231. The highest BCUT2D eigenvalue weighted by Gasteiger charge is 2.34. The first-order valence-electron chi connectivity index (χ1n) is 10.9. The van der Waals surface area contributed by atoms with Gasteiger partial charge >= 0.3 is 5.69 Å². The summed E-state index contributed by atoms with van der Waals surface area (Å²) in [6.45, 7) is 4.69. The maximum atomic E-state index is 13.4. The predicted molar refractivity (Wildman–Crippen MR) is 128 cm³/mol. The molecule has 0 amide bonds. The highest BCUT2D eigenvalue weighted by molar-refractivity contribution is 5.96. The summed E-state index contributed by atoms with van der Waals surface area (Å²) in [5.41, 5.74) is 3.45. The molecule has 1 aliphatic heterocycles. The van der Waals surface area contributed by atoms with Crippen LogP contribution in [0, 0.1) is 0 Å². The Hall–Kier alpha value is -3.84. The molecule has 168 valence electrons. The van der Waals surface area contributed by atoms with E-state index in [1.165, 1.54) is 11.6 Å². The smallest absolute Gasteiger partial charge is 0.331 e. The predicted octanol–water partition coefficient (Wildman–Crippen LogP) is 3.26. The molecule has 4 aromatic rings. The van der Waals surface area contributed by atoms with Crippen molar-refractivity contribution < 1.29 is 9.84 Å². The molecule has 0 unspecified atom stereocenters. The number of hydrogen-bond donors (Lipinski definition) is 1. The molecule has 7 heteroatoms. The third-order valence-corrected chi connectivity index (χ3v) is 6.40. The van der Waals surface area contributed by atoms with Gasteiger partial charge in [-0.25, -0.2) is 4.79 Å². The first-order chi connectivity index (χ1) is 16.0. The van der Waals surface area contributed by atoms with Crippen LogP contribution in [-0.4, -0.2) is 25.4 Å². The zero-order chi connectivity index (χ0) is 23.3. The minimum absolute atomic E-state index is 0.139. The normalized spacial score (nSPS) is 15.5. The van der Waals surface area contributed by atoms with Crippen molar-refractivity contribution in [3.63, 3.8) is 0 Å². The van der Waals surface area contributed by atoms with Crippen molar-refractivity contribution >= 4 is 10.9 Å². The van der Waals surface area contributed by atoms with Crippen LogP contribution in [0.2, 0.25) is 0 Å². The van der Waals surface area contributed by atoms with E-state index in [2.05, 4.69) is 11.1 Å². The first-order valence-corrected chi connectivity index (χ1v) is 10.9. The Morgan fingerprint density at radius 1 is 1.09 bits per heavy atom. The van der Waals surface area contributed by atoms with Gasteiger partial charge in [-0.05, 0) is 17.5 Å². The Bertz CT molecular complexity index is 1510. The number of nitrogens with zero attached hydrogens (tertiary/aromatic N) is 3. The zero-order valence-electron chi connectivity index (χ0n) is 18.6. The number of para-hydroxylation sites is 1. The molecule has 2 aromatic carbocycles. The fourth-order valence-corrected chi connectivity index (χ4v) is 4.86. The second kappa shape index (κ2) is 7.94. The average molecular weight is 444 g/mol. The Balaban J connectivity index is 1.92. The number of fused-ring (bicyclic) bond motifs is 3. The lowest BCUT2D eigenvalue weighted by atomic mass is 9.99. The number of benzene rings is 2. The lowest BCUT2D eigenvalue weighted by Gasteiger charge is -2.28. The van der Waals surface area contributed by atoms with Gasteiger partial charge in [-0.3, -0.25) is 13.9 Å². The van der Waals surface area contributed by atoms with Crippen molar-refractivity contribution in [2.24, 2.45) is 14.1 Å². The molecule has 0 spiro atoms. The molecular weight excluding hydrogens is 418 g/mol. The summed E-state index contributed by atoms with van der Waals surface area (Å²) in [6, 6.07) is 15.2. The number of phenols is 1. The van der Waals surface area contributed by atoms with E-state index in [1.54, 1.807) is 13.1 Å². The molecule has 1 aliphatic rings. The maximum absolute atomic E-state index is 13.4. The van der Waals surface area contributed by atoms with Crippen LogP contribution in [-0.2, 0) is 31.8 Å². The molecule has 0 fully saturated rings. The van der Waals surface area contributed by atoms with Gasteiger partial charge in [0.2, 0.25) is 0 Å². The van der Waals surface area contributed by atoms with Gasteiger partial charge in [0.1, 0.15) is 11.9 Å². The Morgan fingerprint density at radius 3 is 2.58 bits per heavy atom. The number of aromatic hydroxyl groups is 1. The lowest BCUT2D eigenvalue weighted by Crippen LogP contribution is -2.37. The van der Waals surface area contributed by atoms with Crippen LogP contribution in [0.25, 0.3) is 22.2 Å². The molecule has 3 heterocycles. The number of hydrogen-bond acceptors (Lipinski definition) is 4. The topological polar surface area (TPSA) is 78.4 Å². The molecule has 33 heavy (non-hydrogen) atoms. The van der Waals surface area contributed by atoms with Crippen molar-refractivity contribution in [1.29, 1.82) is 0 Å². The zero-order valence-corrected chi connectivity index (χ0v) is 18.6. The van der Waals surface area contributed by atoms with Gasteiger partial charge in [-0.2, -0.15) is 0 Å². The number of aromatic nitrogens is 3. The number of allylic oxidation sites excluding steroid dienone is 1. The highest BCUT2D eigenvalue weighted by atomic mass is 16.5. The molecule has 7 nitrogen and oxygen atoms in total. The summed E-state index contributed by atoms with van der Waals surface area (Å²) in [5, 5.41) is 11.5. The van der Waals surface area contributed by atoms with Crippen LogP contribution in [0.3, 0.4) is 0 Å². The third kappa shape index (κ3) is 3.08. The Labute approximate surface area is 190 Å². The van der Waals surface area contributed by atoms with Crippen molar-refractivity contribution in [1.82, 2.24) is 13.7 Å². The van der Waals surface area contributed by atoms with Gasteiger partial charge in [-0.1, -0.05) is 54.6 Å². The summed E-state index contributed by atoms with van der Waals surface area (Å²) >= 11 is 0. The lowest BCUT2D eigenvalue weighted by molar-refractivity contribution is 0.0464. The molecule has 0 radical (unpaired) electrons. The van der Waals surface area contributed by atoms with Gasteiger partial charge in [-0.15, -0.1) is 6.58 Å². The van der Waals surface area contributed by atoms with E-state index in [-0.39, 0.29) is 11.3 Å². The molecule has 5 rings (SSSR count). The van der Waals surface area contributed by atoms with Crippen LogP contribution < -0.4 is 11.2 Å². The van der Waals surface area contributed by atoms with E-state index in [4.69, 9.17) is 4.74 Å². The molecule has 2 aromatic heterocycles. The molecule has 0 saturated carbocycles. The van der Waals surface area contributed by atoms with Crippen molar-refractivity contribution in [3.05, 3.63) is 98.8 Å². The van der Waals surface area contributed by atoms with Crippen LogP contribution >= 0.6 is 0 Å². The van der Waals surface area contributed by atoms with E-state index >= 15 is 0 Å². The third-order valence-electron chi connectivity index (χ3n) is 6.40. The summed E-state index contributed by atoms with van der Waals surface area (Å²) in [7, 11) is 3.16. The van der Waals surface area contributed by atoms with Crippen molar-refractivity contribution in [2.45, 2.75) is 19.1 Å². The monoisotopic (exact) mass is 443 g/mol. The molecule has 0 aliphatic carbocycles. The summed E-state index contributed by atoms with van der Waals surface area (Å²) in [5.74, 6) is 0.139. The standard InChI is InChI=1S/C26H25N3O4/c1-4-9-17-12-8-13-18(23(17)30)24-22-21-19(25(31)28(3)26(32)27(21)2)20(29(22)14-15-33-24)16-10-6-5-7-11-16/h4-8,10-13,24,30H,1,9,14-15H2,2-3H3/t24-/m1/s1. The van der Waals surface area contributed by atoms with Crippen LogP contribution in [0.15, 0.2) is 70.8 Å². The fourth-order valence-electron chi connectivity index (χ4n) is 4.86. The molecule has 0 bridgehead atoms. The highest BCUT2D eigenvalue weighted by Crippen LogP contribution is 2.43. The van der Waals surface area contributed by atoms with Gasteiger partial charge < -0.3 is 14.4 Å². The number of rotatable bonds is 4. The van der Waals surface area contributed by atoms with Crippen LogP contribution in [0.5, 0.6) is 5.75 Å². The first kappa shape index (κ1) is 21.0. The van der Waals surface area contributed by atoms with E-state index in [0.29, 0.717) is 41.7 Å². The van der Waals surface area contributed by atoms with Gasteiger partial charge in [0.05, 0.1) is 28.9 Å². The number of ether oxygens (including phenoxy) is 1. The second-order valence-corrected chi connectivity index (χ2v) is 8.28. The van der Waals surface area contributed by atoms with Crippen molar-refractivity contribution in [3.8, 4) is 17.0 Å². The molecule has 0 saturated heterocycles. The van der Waals surface area contributed by atoms with E-state index in [1.807, 2.05) is 48.5 Å². The van der Waals surface area contributed by atoms with Gasteiger partial charge in [0, 0.05) is 26.2 Å². The van der Waals surface area contributed by atoms with E-state index in [0.717, 1.165) is 21.4 Å². The van der Waals surface area contributed by atoms with Gasteiger partial charge in [0.15, 0.2) is 0 Å². The Morgan fingerprint density at radius 2 is 1.85 bits per heavy atom.